The summed E-state index contributed by atoms with van der Waals surface area (Å²) in [6.45, 7) is 5.53. The number of benzene rings is 1. The smallest absolute Gasteiger partial charge is 0.183 e. The van der Waals surface area contributed by atoms with Gasteiger partial charge < -0.3 is 4.90 Å². The average Bonchev–Trinajstić information content (AvgIpc) is 2.31. The van der Waals surface area contributed by atoms with Gasteiger partial charge in [0, 0.05) is 23.6 Å². The zero-order valence-corrected chi connectivity index (χ0v) is 11.1. The van der Waals surface area contributed by atoms with Crippen LogP contribution in [0.25, 0.3) is 0 Å². The highest BCUT2D eigenvalue weighted by molar-refractivity contribution is 8.00. The van der Waals surface area contributed by atoms with Gasteiger partial charge in [-0.05, 0) is 12.1 Å². The molecule has 18 heavy (non-hydrogen) atoms. The third kappa shape index (κ3) is 2.44. The number of anilines is 1. The molecule has 0 saturated carbocycles. The van der Waals surface area contributed by atoms with Crippen LogP contribution in [0.15, 0.2) is 12.1 Å². The van der Waals surface area contributed by atoms with Crippen molar-refractivity contribution in [3.8, 4) is 6.07 Å². The first-order valence-corrected chi connectivity index (χ1v) is 6.75. The van der Waals surface area contributed by atoms with Crippen LogP contribution in [0.4, 0.5) is 14.5 Å². The van der Waals surface area contributed by atoms with E-state index in [0.717, 1.165) is 0 Å². The fraction of sp³-hybridized carbons (Fsp3) is 0.462. The monoisotopic (exact) mass is 268 g/mol. The molecule has 2 unspecified atom stereocenters. The van der Waals surface area contributed by atoms with Crippen LogP contribution in [-0.2, 0) is 0 Å². The van der Waals surface area contributed by atoms with Gasteiger partial charge >= 0.3 is 0 Å². The van der Waals surface area contributed by atoms with E-state index in [1.54, 1.807) is 6.07 Å². The molecule has 1 saturated heterocycles. The van der Waals surface area contributed by atoms with Crippen molar-refractivity contribution in [2.45, 2.75) is 24.3 Å². The van der Waals surface area contributed by atoms with Crippen LogP contribution < -0.4 is 4.90 Å². The SMILES string of the molecule is CC1CN(c2ccc(C#N)c(F)c2F)CC(C)S1. The molecule has 1 aliphatic heterocycles. The van der Waals surface area contributed by atoms with Crippen LogP contribution in [0.3, 0.4) is 0 Å². The molecule has 2 atom stereocenters. The van der Waals surface area contributed by atoms with E-state index in [1.807, 2.05) is 16.7 Å². The largest absolute Gasteiger partial charge is 0.367 e. The van der Waals surface area contributed by atoms with Crippen LogP contribution in [0.5, 0.6) is 0 Å². The number of halogens is 2. The predicted octanol–water partition coefficient (Wildman–Crippen LogP) is 3.17. The summed E-state index contributed by atoms with van der Waals surface area (Å²) in [5.74, 6) is -1.96. The second-order valence-electron chi connectivity index (χ2n) is 4.53. The van der Waals surface area contributed by atoms with Crippen molar-refractivity contribution in [2.75, 3.05) is 18.0 Å². The van der Waals surface area contributed by atoms with E-state index in [2.05, 4.69) is 13.8 Å². The Labute approximate surface area is 110 Å². The molecule has 2 rings (SSSR count). The Hall–Kier alpha value is -1.28. The van der Waals surface area contributed by atoms with Gasteiger partial charge in [0.25, 0.3) is 0 Å². The van der Waals surface area contributed by atoms with Crippen LogP contribution in [0, 0.1) is 23.0 Å². The molecule has 1 heterocycles. The van der Waals surface area contributed by atoms with Gasteiger partial charge in [0.05, 0.1) is 11.3 Å². The first-order valence-electron chi connectivity index (χ1n) is 5.81. The fourth-order valence-electron chi connectivity index (χ4n) is 2.24. The minimum atomic E-state index is -1.05. The van der Waals surface area contributed by atoms with Crippen molar-refractivity contribution in [1.82, 2.24) is 0 Å². The third-order valence-electron chi connectivity index (χ3n) is 2.94. The van der Waals surface area contributed by atoms with Gasteiger partial charge in [-0.1, -0.05) is 13.8 Å². The molecule has 5 heteroatoms. The molecular weight excluding hydrogens is 254 g/mol. The number of hydrogen-bond donors (Lipinski definition) is 0. The Bertz CT molecular complexity index is 488. The van der Waals surface area contributed by atoms with E-state index >= 15 is 0 Å². The maximum atomic E-state index is 13.9. The fourth-order valence-corrected chi connectivity index (χ4v) is 3.57. The van der Waals surface area contributed by atoms with Crippen LogP contribution in [-0.4, -0.2) is 23.6 Å². The lowest BCUT2D eigenvalue weighted by Gasteiger charge is -2.36. The molecule has 1 aliphatic rings. The first kappa shape index (κ1) is 13.2. The van der Waals surface area contributed by atoms with E-state index in [4.69, 9.17) is 5.26 Å². The van der Waals surface area contributed by atoms with Crippen molar-refractivity contribution in [2.24, 2.45) is 0 Å². The Balaban J connectivity index is 2.34. The summed E-state index contributed by atoms with van der Waals surface area (Å²) in [4.78, 5) is 1.85. The molecule has 0 bridgehead atoms. The molecule has 0 N–H and O–H groups in total. The molecular formula is C13H14F2N2S. The molecule has 1 aromatic carbocycles. The van der Waals surface area contributed by atoms with Gasteiger partial charge in [-0.2, -0.15) is 17.0 Å². The average molecular weight is 268 g/mol. The van der Waals surface area contributed by atoms with E-state index < -0.39 is 11.6 Å². The Morgan fingerprint density at radius 2 is 1.83 bits per heavy atom. The van der Waals surface area contributed by atoms with Crippen LogP contribution >= 0.6 is 11.8 Å². The van der Waals surface area contributed by atoms with Crippen molar-refractivity contribution in [3.63, 3.8) is 0 Å². The van der Waals surface area contributed by atoms with E-state index in [0.29, 0.717) is 23.6 Å². The van der Waals surface area contributed by atoms with Gasteiger partial charge in [-0.15, -0.1) is 0 Å². The second kappa shape index (κ2) is 5.15. The Morgan fingerprint density at radius 3 is 2.39 bits per heavy atom. The molecule has 2 nitrogen and oxygen atoms in total. The lowest BCUT2D eigenvalue weighted by atomic mass is 10.1. The summed E-state index contributed by atoms with van der Waals surface area (Å²) < 4.78 is 27.5. The summed E-state index contributed by atoms with van der Waals surface area (Å²) in [7, 11) is 0. The lowest BCUT2D eigenvalue weighted by Crippen LogP contribution is -2.41. The van der Waals surface area contributed by atoms with Gasteiger partial charge in [-0.3, -0.25) is 0 Å². The molecule has 0 spiro atoms. The maximum Gasteiger partial charge on any atom is 0.183 e. The minimum Gasteiger partial charge on any atom is -0.367 e. The molecule has 0 aromatic heterocycles. The minimum absolute atomic E-state index is 0.247. The normalized spacial score (nSPS) is 23.8. The quantitative estimate of drug-likeness (QED) is 0.783. The summed E-state index contributed by atoms with van der Waals surface area (Å²) in [6, 6.07) is 4.48. The highest BCUT2D eigenvalue weighted by Gasteiger charge is 2.26. The van der Waals surface area contributed by atoms with E-state index in [9.17, 15) is 8.78 Å². The molecule has 0 radical (unpaired) electrons. The van der Waals surface area contributed by atoms with E-state index in [-0.39, 0.29) is 11.3 Å². The van der Waals surface area contributed by atoms with Gasteiger partial charge in [0.1, 0.15) is 6.07 Å². The molecule has 1 fully saturated rings. The second-order valence-corrected chi connectivity index (χ2v) is 6.42. The first-order chi connectivity index (χ1) is 8.52. The maximum absolute atomic E-state index is 13.9. The Morgan fingerprint density at radius 1 is 1.22 bits per heavy atom. The summed E-state index contributed by atoms with van der Waals surface area (Å²) >= 11 is 1.85. The lowest BCUT2D eigenvalue weighted by molar-refractivity contribution is 0.502. The van der Waals surface area contributed by atoms with Crippen LogP contribution in [0.2, 0.25) is 0 Å². The van der Waals surface area contributed by atoms with Crippen molar-refractivity contribution in [3.05, 3.63) is 29.3 Å². The third-order valence-corrected chi connectivity index (χ3v) is 4.17. The Kier molecular flexibility index (Phi) is 3.76. The number of nitrogens with zero attached hydrogens (tertiary/aromatic N) is 2. The number of rotatable bonds is 1. The summed E-state index contributed by atoms with van der Waals surface area (Å²) in [5, 5.41) is 9.42. The number of hydrogen-bond acceptors (Lipinski definition) is 3. The van der Waals surface area contributed by atoms with Crippen LogP contribution in [0.1, 0.15) is 19.4 Å². The molecule has 0 aliphatic carbocycles. The summed E-state index contributed by atoms with van der Waals surface area (Å²) in [6.07, 6.45) is 0. The van der Waals surface area contributed by atoms with Crippen molar-refractivity contribution >= 4 is 17.4 Å². The predicted molar refractivity (Wildman–Crippen MR) is 69.8 cm³/mol. The molecule has 0 amide bonds. The topological polar surface area (TPSA) is 27.0 Å². The van der Waals surface area contributed by atoms with Gasteiger partial charge in [-0.25, -0.2) is 8.78 Å². The van der Waals surface area contributed by atoms with Gasteiger partial charge in [0.15, 0.2) is 11.6 Å². The summed E-state index contributed by atoms with van der Waals surface area (Å²) in [5.41, 5.74) is 0.00855. The highest BCUT2D eigenvalue weighted by Crippen LogP contribution is 2.31. The van der Waals surface area contributed by atoms with Gasteiger partial charge in [0.2, 0.25) is 0 Å². The van der Waals surface area contributed by atoms with Crippen molar-refractivity contribution < 1.29 is 8.78 Å². The standard InChI is InChI=1S/C13H14F2N2S/c1-8-6-17(7-9(2)18-8)11-4-3-10(5-16)12(14)13(11)15/h3-4,8-9H,6-7H2,1-2H3. The zero-order valence-electron chi connectivity index (χ0n) is 10.3. The highest BCUT2D eigenvalue weighted by atomic mass is 32.2. The zero-order chi connectivity index (χ0) is 13.3. The molecule has 96 valence electrons. The van der Waals surface area contributed by atoms with E-state index in [1.165, 1.54) is 12.1 Å². The number of thioether (sulfide) groups is 1. The van der Waals surface area contributed by atoms with Crippen molar-refractivity contribution in [1.29, 1.82) is 5.26 Å². The number of nitriles is 1. The molecule has 1 aromatic rings.